The van der Waals surface area contributed by atoms with Gasteiger partial charge < -0.3 is 10.4 Å². The fraction of sp³-hybridized carbons (Fsp3) is 0.231. The van der Waals surface area contributed by atoms with Crippen molar-refractivity contribution in [1.82, 2.24) is 14.6 Å². The van der Waals surface area contributed by atoms with Crippen molar-refractivity contribution < 1.29 is 5.11 Å². The van der Waals surface area contributed by atoms with Crippen LogP contribution in [0.3, 0.4) is 0 Å². The molecule has 20 heavy (non-hydrogen) atoms. The number of aryl methyl sites for hydroxylation is 1. The SMILES string of the molecule is Cc1cn2nc(NCC(O)c3ccc(Cl)cc3)sc2n1. The predicted molar refractivity (Wildman–Crippen MR) is 80.5 cm³/mol. The average Bonchev–Trinajstić information content (AvgIpc) is 2.93. The van der Waals surface area contributed by atoms with Crippen LogP contribution in [-0.4, -0.2) is 26.2 Å². The van der Waals surface area contributed by atoms with Crippen LogP contribution in [0.1, 0.15) is 17.4 Å². The molecule has 0 bridgehead atoms. The smallest absolute Gasteiger partial charge is 0.214 e. The molecule has 1 unspecified atom stereocenters. The minimum atomic E-state index is -0.606. The topological polar surface area (TPSA) is 62.5 Å². The Balaban J connectivity index is 1.66. The van der Waals surface area contributed by atoms with Crippen LogP contribution >= 0.6 is 22.9 Å². The van der Waals surface area contributed by atoms with E-state index in [2.05, 4.69) is 15.4 Å². The molecule has 0 fully saturated rings. The van der Waals surface area contributed by atoms with Crippen LogP contribution < -0.4 is 5.32 Å². The van der Waals surface area contributed by atoms with Gasteiger partial charge in [0.05, 0.1) is 18.0 Å². The Morgan fingerprint density at radius 2 is 2.15 bits per heavy atom. The first-order valence-electron chi connectivity index (χ1n) is 6.12. The summed E-state index contributed by atoms with van der Waals surface area (Å²) in [5, 5.41) is 18.9. The molecule has 3 rings (SSSR count). The second-order valence-corrected chi connectivity index (χ2v) is 5.86. The van der Waals surface area contributed by atoms with Crippen LogP contribution in [0, 0.1) is 6.92 Å². The number of nitrogens with zero attached hydrogens (tertiary/aromatic N) is 3. The normalized spacial score (nSPS) is 12.8. The van der Waals surface area contributed by atoms with Gasteiger partial charge in [0.1, 0.15) is 0 Å². The highest BCUT2D eigenvalue weighted by atomic mass is 35.5. The van der Waals surface area contributed by atoms with E-state index in [9.17, 15) is 5.11 Å². The number of aliphatic hydroxyl groups excluding tert-OH is 1. The number of hydrogen-bond acceptors (Lipinski definition) is 5. The zero-order valence-corrected chi connectivity index (χ0v) is 12.3. The molecule has 0 spiro atoms. The van der Waals surface area contributed by atoms with Crippen LogP contribution in [0.5, 0.6) is 0 Å². The van der Waals surface area contributed by atoms with E-state index < -0.39 is 6.10 Å². The molecule has 2 aromatic heterocycles. The summed E-state index contributed by atoms with van der Waals surface area (Å²) in [4.78, 5) is 5.17. The zero-order valence-electron chi connectivity index (χ0n) is 10.7. The summed E-state index contributed by atoms with van der Waals surface area (Å²) in [7, 11) is 0. The largest absolute Gasteiger partial charge is 0.387 e. The van der Waals surface area contributed by atoms with Gasteiger partial charge >= 0.3 is 0 Å². The molecule has 0 aliphatic heterocycles. The lowest BCUT2D eigenvalue weighted by Crippen LogP contribution is -2.12. The third-order valence-corrected chi connectivity index (χ3v) is 4.00. The van der Waals surface area contributed by atoms with E-state index in [1.807, 2.05) is 25.3 Å². The molecule has 0 saturated heterocycles. The molecule has 2 heterocycles. The summed E-state index contributed by atoms with van der Waals surface area (Å²) in [6, 6.07) is 7.15. The molecule has 104 valence electrons. The lowest BCUT2D eigenvalue weighted by Gasteiger charge is -2.11. The number of aliphatic hydroxyl groups is 1. The Morgan fingerprint density at radius 3 is 2.85 bits per heavy atom. The Hall–Kier alpha value is -1.63. The van der Waals surface area contributed by atoms with E-state index >= 15 is 0 Å². The van der Waals surface area contributed by atoms with Crippen LogP contribution in [0.25, 0.3) is 4.96 Å². The fourth-order valence-electron chi connectivity index (χ4n) is 1.87. The number of imidazole rings is 1. The molecule has 5 nitrogen and oxygen atoms in total. The fourth-order valence-corrected chi connectivity index (χ4v) is 2.83. The predicted octanol–water partition coefficient (Wildman–Crippen LogP) is 2.90. The Labute approximate surface area is 124 Å². The lowest BCUT2D eigenvalue weighted by molar-refractivity contribution is 0.191. The molecule has 0 amide bonds. The summed E-state index contributed by atoms with van der Waals surface area (Å²) in [5.74, 6) is 0. The van der Waals surface area contributed by atoms with Crippen molar-refractivity contribution >= 4 is 33.0 Å². The van der Waals surface area contributed by atoms with Crippen molar-refractivity contribution in [3.63, 3.8) is 0 Å². The van der Waals surface area contributed by atoms with E-state index in [-0.39, 0.29) is 0 Å². The quantitative estimate of drug-likeness (QED) is 0.778. The van der Waals surface area contributed by atoms with Gasteiger partial charge in [-0.2, -0.15) is 0 Å². The van der Waals surface area contributed by atoms with Crippen molar-refractivity contribution in [2.24, 2.45) is 0 Å². The summed E-state index contributed by atoms with van der Waals surface area (Å²) < 4.78 is 1.73. The number of halogens is 1. The summed E-state index contributed by atoms with van der Waals surface area (Å²) in [5.41, 5.74) is 1.76. The van der Waals surface area contributed by atoms with Crippen molar-refractivity contribution in [3.8, 4) is 0 Å². The number of hydrogen-bond donors (Lipinski definition) is 2. The molecule has 3 aromatic rings. The van der Waals surface area contributed by atoms with Gasteiger partial charge in [-0.25, -0.2) is 9.50 Å². The summed E-state index contributed by atoms with van der Waals surface area (Å²) >= 11 is 7.27. The number of nitrogens with one attached hydrogen (secondary N) is 1. The number of anilines is 1. The number of aromatic nitrogens is 3. The van der Waals surface area contributed by atoms with Crippen molar-refractivity contribution in [2.45, 2.75) is 13.0 Å². The molecule has 1 aromatic carbocycles. The standard InChI is InChI=1S/C13H13ClN4OS/c1-8-7-18-13(16-8)20-12(17-18)15-6-11(19)9-2-4-10(14)5-3-9/h2-5,7,11,19H,6H2,1H3,(H,15,17). The Morgan fingerprint density at radius 1 is 1.40 bits per heavy atom. The minimum absolute atomic E-state index is 0.386. The molecule has 0 saturated carbocycles. The van der Waals surface area contributed by atoms with Crippen LogP contribution in [0.2, 0.25) is 5.02 Å². The van der Waals surface area contributed by atoms with Crippen molar-refractivity contribution in [1.29, 1.82) is 0 Å². The van der Waals surface area contributed by atoms with Crippen LogP contribution in [-0.2, 0) is 0 Å². The number of benzene rings is 1. The molecule has 7 heteroatoms. The molecular weight excluding hydrogens is 296 g/mol. The monoisotopic (exact) mass is 308 g/mol. The molecule has 1 atom stereocenters. The Bertz CT molecular complexity index is 690. The molecule has 0 aliphatic rings. The van der Waals surface area contributed by atoms with Crippen molar-refractivity contribution in [3.05, 3.63) is 46.7 Å². The van der Waals surface area contributed by atoms with Gasteiger partial charge in [-0.1, -0.05) is 35.1 Å². The first kappa shape index (κ1) is 13.4. The number of fused-ring (bicyclic) bond motifs is 1. The van der Waals surface area contributed by atoms with E-state index in [0.29, 0.717) is 11.6 Å². The Kier molecular flexibility index (Phi) is 3.60. The maximum Gasteiger partial charge on any atom is 0.214 e. The van der Waals surface area contributed by atoms with E-state index in [4.69, 9.17) is 11.6 Å². The van der Waals surface area contributed by atoms with Gasteiger partial charge in [0.15, 0.2) is 0 Å². The van der Waals surface area contributed by atoms with E-state index in [1.54, 1.807) is 16.6 Å². The minimum Gasteiger partial charge on any atom is -0.387 e. The zero-order chi connectivity index (χ0) is 14.1. The highest BCUT2D eigenvalue weighted by molar-refractivity contribution is 7.20. The average molecular weight is 309 g/mol. The maximum atomic E-state index is 10.1. The van der Waals surface area contributed by atoms with Crippen LogP contribution in [0.15, 0.2) is 30.5 Å². The van der Waals surface area contributed by atoms with Gasteiger partial charge in [-0.15, -0.1) is 5.10 Å². The third-order valence-electron chi connectivity index (χ3n) is 2.87. The second kappa shape index (κ2) is 5.40. The molecular formula is C13H13ClN4OS. The van der Waals surface area contributed by atoms with E-state index in [1.165, 1.54) is 11.3 Å². The summed E-state index contributed by atoms with van der Waals surface area (Å²) in [6.45, 7) is 2.32. The molecule has 2 N–H and O–H groups in total. The highest BCUT2D eigenvalue weighted by Crippen LogP contribution is 2.21. The van der Waals surface area contributed by atoms with Gasteiger partial charge in [0.25, 0.3) is 0 Å². The van der Waals surface area contributed by atoms with Gasteiger partial charge in [0, 0.05) is 11.6 Å². The van der Waals surface area contributed by atoms with Gasteiger partial charge in [-0.3, -0.25) is 0 Å². The molecule has 0 radical (unpaired) electrons. The number of rotatable bonds is 4. The van der Waals surface area contributed by atoms with Crippen molar-refractivity contribution in [2.75, 3.05) is 11.9 Å². The molecule has 0 aliphatic carbocycles. The summed E-state index contributed by atoms with van der Waals surface area (Å²) in [6.07, 6.45) is 1.26. The van der Waals surface area contributed by atoms with Gasteiger partial charge in [0.2, 0.25) is 10.1 Å². The first-order valence-corrected chi connectivity index (χ1v) is 7.31. The lowest BCUT2D eigenvalue weighted by atomic mass is 10.1. The maximum absolute atomic E-state index is 10.1. The first-order chi connectivity index (χ1) is 9.61. The van der Waals surface area contributed by atoms with Gasteiger partial charge in [-0.05, 0) is 24.6 Å². The third kappa shape index (κ3) is 2.77. The van der Waals surface area contributed by atoms with E-state index in [0.717, 1.165) is 21.3 Å². The highest BCUT2D eigenvalue weighted by Gasteiger charge is 2.10. The van der Waals surface area contributed by atoms with Crippen LogP contribution in [0.4, 0.5) is 5.13 Å². The second-order valence-electron chi connectivity index (χ2n) is 4.46.